The number of carbonyl (C=O) groups is 1. The number of benzene rings is 2. The molecule has 2 aromatic rings. The zero-order chi connectivity index (χ0) is 20.9. The van der Waals surface area contributed by atoms with Crippen molar-refractivity contribution in [2.75, 3.05) is 26.6 Å². The molecule has 0 saturated carbocycles. The van der Waals surface area contributed by atoms with Gasteiger partial charge in [0.25, 0.3) is 0 Å². The largest absolute Gasteiger partial charge is 0.573 e. The third kappa shape index (κ3) is 6.37. The van der Waals surface area contributed by atoms with Crippen molar-refractivity contribution in [1.29, 1.82) is 0 Å². The van der Waals surface area contributed by atoms with Crippen LogP contribution in [0.3, 0.4) is 0 Å². The lowest BCUT2D eigenvalue weighted by Crippen LogP contribution is -2.43. The van der Waals surface area contributed by atoms with E-state index in [1.807, 2.05) is 0 Å². The van der Waals surface area contributed by atoms with E-state index in [0.717, 1.165) is 12.1 Å². The van der Waals surface area contributed by atoms with Crippen molar-refractivity contribution in [3.8, 4) is 17.2 Å². The van der Waals surface area contributed by atoms with E-state index >= 15 is 0 Å². The Labute approximate surface area is 165 Å². The molecule has 0 N–H and O–H groups in total. The summed E-state index contributed by atoms with van der Waals surface area (Å²) in [5, 5.41) is 0. The number of hydrogen-bond acceptors (Lipinski definition) is 6. The molecular weight excluding hydrogens is 393 g/mol. The van der Waals surface area contributed by atoms with Crippen LogP contribution < -0.4 is 14.2 Å². The molecule has 1 saturated heterocycles. The Morgan fingerprint density at radius 2 is 1.59 bits per heavy atom. The number of carbonyl (C=O) groups excluding carboxylic acids is 1. The third-order valence-corrected chi connectivity index (χ3v) is 4.02. The minimum Gasteiger partial charge on any atom is -0.468 e. The third-order valence-electron chi connectivity index (χ3n) is 4.02. The van der Waals surface area contributed by atoms with Gasteiger partial charge in [0.05, 0.1) is 25.4 Å². The van der Waals surface area contributed by atoms with E-state index in [9.17, 15) is 18.0 Å². The second kappa shape index (κ2) is 8.71. The van der Waals surface area contributed by atoms with Gasteiger partial charge in [-0.1, -0.05) is 6.92 Å². The smallest absolute Gasteiger partial charge is 0.468 e. The molecule has 0 amide bonds. The van der Waals surface area contributed by atoms with Gasteiger partial charge in [-0.15, -0.1) is 13.2 Å². The van der Waals surface area contributed by atoms with E-state index in [2.05, 4.69) is 11.7 Å². The van der Waals surface area contributed by atoms with Crippen molar-refractivity contribution in [1.82, 2.24) is 0 Å². The molecule has 156 valence electrons. The highest BCUT2D eigenvalue weighted by molar-refractivity contribution is 5.91. The Morgan fingerprint density at radius 1 is 1.00 bits per heavy atom. The first-order valence-electron chi connectivity index (χ1n) is 8.69. The molecule has 6 nitrogen and oxygen atoms in total. The lowest BCUT2D eigenvalue weighted by molar-refractivity contribution is -0.274. The molecule has 0 bridgehead atoms. The summed E-state index contributed by atoms with van der Waals surface area (Å²) in [6, 6.07) is 10.7. The summed E-state index contributed by atoms with van der Waals surface area (Å²) in [5.74, 6) is -0.452. The Bertz CT molecular complexity index is 814. The highest BCUT2D eigenvalue weighted by atomic mass is 19.4. The fraction of sp³-hybridized carbons (Fsp3) is 0.350. The maximum Gasteiger partial charge on any atom is 0.573 e. The molecule has 9 heteroatoms. The fourth-order valence-corrected chi connectivity index (χ4v) is 2.49. The van der Waals surface area contributed by atoms with Gasteiger partial charge in [-0.25, -0.2) is 4.79 Å². The second-order valence-electron chi connectivity index (χ2n) is 6.85. The first kappa shape index (κ1) is 20.9. The highest BCUT2D eigenvalue weighted by Crippen LogP contribution is 2.27. The first-order valence-corrected chi connectivity index (χ1v) is 8.69. The topological polar surface area (TPSA) is 63.2 Å². The molecule has 0 unspecified atom stereocenters. The maximum atomic E-state index is 12.1. The van der Waals surface area contributed by atoms with Gasteiger partial charge in [0.1, 0.15) is 17.2 Å². The van der Waals surface area contributed by atoms with Crippen LogP contribution in [0.25, 0.3) is 0 Å². The number of ether oxygens (including phenoxy) is 5. The lowest BCUT2D eigenvalue weighted by Gasteiger charge is -2.37. The van der Waals surface area contributed by atoms with Crippen molar-refractivity contribution in [3.63, 3.8) is 0 Å². The predicted octanol–water partition coefficient (Wildman–Crippen LogP) is 4.19. The van der Waals surface area contributed by atoms with Gasteiger partial charge < -0.3 is 23.7 Å². The lowest BCUT2D eigenvalue weighted by atomic mass is 9.90. The summed E-state index contributed by atoms with van der Waals surface area (Å²) >= 11 is 0. The van der Waals surface area contributed by atoms with Gasteiger partial charge in [-0.3, -0.25) is 0 Å². The van der Waals surface area contributed by atoms with Crippen LogP contribution in [0.5, 0.6) is 17.2 Å². The quantitative estimate of drug-likeness (QED) is 0.280. The Morgan fingerprint density at radius 3 is 2.14 bits per heavy atom. The standard InChI is InChI=1S/C20H19F3O6/c1-19(10-25-11-19)12-26-13-27-15-4-2-14(3-5-15)18(24)28-16-6-8-17(9-7-16)29-20(21,22)23/h2-9H,10-13H2,1H3. The van der Waals surface area contributed by atoms with Crippen LogP contribution >= 0.6 is 0 Å². The zero-order valence-corrected chi connectivity index (χ0v) is 15.5. The molecule has 2 aromatic carbocycles. The first-order chi connectivity index (χ1) is 13.7. The minimum atomic E-state index is -4.78. The fourth-order valence-electron chi connectivity index (χ4n) is 2.49. The van der Waals surface area contributed by atoms with Gasteiger partial charge in [-0.05, 0) is 48.5 Å². The molecular formula is C20H19F3O6. The van der Waals surface area contributed by atoms with Crippen LogP contribution in [0.4, 0.5) is 13.2 Å². The Balaban J connectivity index is 1.46. The molecule has 1 aliphatic rings. The van der Waals surface area contributed by atoms with E-state index in [4.69, 9.17) is 18.9 Å². The van der Waals surface area contributed by atoms with Gasteiger partial charge >= 0.3 is 12.3 Å². The maximum absolute atomic E-state index is 12.1. The van der Waals surface area contributed by atoms with Crippen LogP contribution in [0, 0.1) is 5.41 Å². The zero-order valence-electron chi connectivity index (χ0n) is 15.5. The highest BCUT2D eigenvalue weighted by Gasteiger charge is 2.33. The Kier molecular flexibility index (Phi) is 6.29. The summed E-state index contributed by atoms with van der Waals surface area (Å²) in [4.78, 5) is 12.1. The molecule has 29 heavy (non-hydrogen) atoms. The number of alkyl halides is 3. The van der Waals surface area contributed by atoms with E-state index in [1.54, 1.807) is 12.1 Å². The van der Waals surface area contributed by atoms with E-state index in [0.29, 0.717) is 25.6 Å². The molecule has 0 spiro atoms. The number of hydrogen-bond donors (Lipinski definition) is 0. The molecule has 0 aliphatic carbocycles. The van der Waals surface area contributed by atoms with Gasteiger partial charge in [0.15, 0.2) is 6.79 Å². The van der Waals surface area contributed by atoms with E-state index < -0.39 is 18.1 Å². The summed E-state index contributed by atoms with van der Waals surface area (Å²) in [7, 11) is 0. The van der Waals surface area contributed by atoms with Crippen molar-refractivity contribution in [2.24, 2.45) is 5.41 Å². The Hall–Kier alpha value is -2.78. The van der Waals surface area contributed by atoms with Crippen molar-refractivity contribution in [3.05, 3.63) is 54.1 Å². The van der Waals surface area contributed by atoms with Gasteiger partial charge in [0.2, 0.25) is 0 Å². The van der Waals surface area contributed by atoms with Crippen molar-refractivity contribution < 1.29 is 41.7 Å². The molecule has 0 atom stereocenters. The summed E-state index contributed by atoms with van der Waals surface area (Å²) < 4.78 is 61.4. The predicted molar refractivity (Wildman–Crippen MR) is 94.9 cm³/mol. The molecule has 3 rings (SSSR count). The van der Waals surface area contributed by atoms with E-state index in [-0.39, 0.29) is 23.5 Å². The normalized spacial score (nSPS) is 15.3. The minimum absolute atomic E-state index is 0.0358. The second-order valence-corrected chi connectivity index (χ2v) is 6.85. The van der Waals surface area contributed by atoms with Crippen LogP contribution in [0.15, 0.2) is 48.5 Å². The molecule has 0 aromatic heterocycles. The van der Waals surface area contributed by atoms with Crippen LogP contribution in [0.2, 0.25) is 0 Å². The SMILES string of the molecule is CC1(COCOc2ccc(C(=O)Oc3ccc(OC(F)(F)F)cc3)cc2)COC1. The summed E-state index contributed by atoms with van der Waals surface area (Å²) in [6.45, 7) is 4.01. The molecule has 0 radical (unpaired) electrons. The van der Waals surface area contributed by atoms with Crippen LogP contribution in [0.1, 0.15) is 17.3 Å². The van der Waals surface area contributed by atoms with Crippen molar-refractivity contribution >= 4 is 5.97 Å². The van der Waals surface area contributed by atoms with Gasteiger partial charge in [0, 0.05) is 5.41 Å². The van der Waals surface area contributed by atoms with Crippen LogP contribution in [-0.4, -0.2) is 38.9 Å². The van der Waals surface area contributed by atoms with E-state index in [1.165, 1.54) is 24.3 Å². The average molecular weight is 412 g/mol. The molecule has 1 aliphatic heterocycles. The molecule has 1 fully saturated rings. The van der Waals surface area contributed by atoms with Crippen molar-refractivity contribution in [2.45, 2.75) is 13.3 Å². The summed E-state index contributed by atoms with van der Waals surface area (Å²) in [5.41, 5.74) is 0.293. The van der Waals surface area contributed by atoms with Gasteiger partial charge in [-0.2, -0.15) is 0 Å². The number of halogens is 3. The average Bonchev–Trinajstić information content (AvgIpc) is 2.64. The monoisotopic (exact) mass is 412 g/mol. The molecule has 1 heterocycles. The number of esters is 1. The van der Waals surface area contributed by atoms with Crippen LogP contribution in [-0.2, 0) is 9.47 Å². The summed E-state index contributed by atoms with van der Waals surface area (Å²) in [6.07, 6.45) is -4.78. The number of rotatable bonds is 8.